The van der Waals surface area contributed by atoms with Gasteiger partial charge in [-0.05, 0) is 48.0 Å². The second kappa shape index (κ2) is 8.20. The van der Waals surface area contributed by atoms with E-state index in [4.69, 9.17) is 4.74 Å². The molecular formula is C28H21BrN2O4. The van der Waals surface area contributed by atoms with Crippen molar-refractivity contribution in [2.45, 2.75) is 12.1 Å². The largest absolute Gasteiger partial charge is 0.497 e. The molecule has 174 valence electrons. The Morgan fingerprint density at radius 1 is 0.886 bits per heavy atom. The van der Waals surface area contributed by atoms with Crippen LogP contribution in [0.15, 0.2) is 83.3 Å². The van der Waals surface area contributed by atoms with Gasteiger partial charge in [0.15, 0.2) is 5.78 Å². The van der Waals surface area contributed by atoms with Crippen LogP contribution in [0.4, 0.5) is 11.4 Å². The van der Waals surface area contributed by atoms with Gasteiger partial charge in [0.1, 0.15) is 11.8 Å². The molecule has 6 nitrogen and oxygen atoms in total. The summed E-state index contributed by atoms with van der Waals surface area (Å²) < 4.78 is 6.08. The lowest BCUT2D eigenvalue weighted by molar-refractivity contribution is -0.122. The zero-order chi connectivity index (χ0) is 24.3. The molecule has 3 heterocycles. The van der Waals surface area contributed by atoms with Crippen molar-refractivity contribution in [1.82, 2.24) is 0 Å². The zero-order valence-electron chi connectivity index (χ0n) is 18.8. The molecule has 3 aromatic carbocycles. The number of nitrogens with zero attached hydrogens (tertiary/aromatic N) is 2. The molecule has 4 atom stereocenters. The standard InChI is InChI=1S/C28H21BrN2O4/c1-35-20-13-11-19(12-14-20)30-27(33)23-22-15-8-16-4-2-3-5-21(16)31(22)25(24(23)28(30)34)26(32)17-6-9-18(29)10-7-17/h2-15,22-25H,1H3/t22-,23-,24-,25-/m0/s1. The van der Waals surface area contributed by atoms with Crippen LogP contribution in [0.3, 0.4) is 0 Å². The predicted octanol–water partition coefficient (Wildman–Crippen LogP) is 4.73. The zero-order valence-corrected chi connectivity index (χ0v) is 20.4. The number of imide groups is 1. The van der Waals surface area contributed by atoms with Crippen LogP contribution in [0.1, 0.15) is 15.9 Å². The molecule has 0 spiro atoms. The third-order valence-electron chi connectivity index (χ3n) is 7.14. The van der Waals surface area contributed by atoms with Gasteiger partial charge in [0.2, 0.25) is 11.8 Å². The summed E-state index contributed by atoms with van der Waals surface area (Å²) in [6, 6.07) is 20.6. The molecule has 0 saturated carbocycles. The summed E-state index contributed by atoms with van der Waals surface area (Å²) in [4.78, 5) is 44.8. The Hall–Kier alpha value is -3.71. The van der Waals surface area contributed by atoms with Crippen molar-refractivity contribution in [1.29, 1.82) is 0 Å². The van der Waals surface area contributed by atoms with Crippen molar-refractivity contribution in [3.8, 4) is 5.75 Å². The lowest BCUT2D eigenvalue weighted by Gasteiger charge is -2.36. The van der Waals surface area contributed by atoms with Gasteiger partial charge < -0.3 is 9.64 Å². The van der Waals surface area contributed by atoms with E-state index in [0.717, 1.165) is 15.7 Å². The number of fused-ring (bicyclic) bond motifs is 5. The lowest BCUT2D eigenvalue weighted by Crippen LogP contribution is -2.48. The highest BCUT2D eigenvalue weighted by Gasteiger charge is 2.64. The van der Waals surface area contributed by atoms with E-state index in [-0.39, 0.29) is 23.6 Å². The van der Waals surface area contributed by atoms with Crippen LogP contribution in [0, 0.1) is 11.8 Å². The fraction of sp³-hybridized carbons (Fsp3) is 0.179. The summed E-state index contributed by atoms with van der Waals surface area (Å²) in [7, 11) is 1.56. The number of carbonyl (C=O) groups is 3. The number of rotatable bonds is 4. The van der Waals surface area contributed by atoms with Crippen LogP contribution in [-0.2, 0) is 9.59 Å². The maximum atomic E-state index is 14.0. The van der Waals surface area contributed by atoms with Crippen LogP contribution in [0.2, 0.25) is 0 Å². The molecule has 6 rings (SSSR count). The molecule has 2 fully saturated rings. The molecule has 35 heavy (non-hydrogen) atoms. The number of para-hydroxylation sites is 1. The summed E-state index contributed by atoms with van der Waals surface area (Å²) in [5, 5.41) is 0. The van der Waals surface area contributed by atoms with Crippen molar-refractivity contribution in [3.05, 3.63) is 94.5 Å². The molecule has 3 aromatic rings. The molecule has 0 unspecified atom stereocenters. The van der Waals surface area contributed by atoms with Crippen LogP contribution >= 0.6 is 15.9 Å². The average Bonchev–Trinajstić information content (AvgIpc) is 3.37. The third kappa shape index (κ3) is 3.26. The van der Waals surface area contributed by atoms with Crippen molar-refractivity contribution < 1.29 is 19.1 Å². The van der Waals surface area contributed by atoms with E-state index in [0.29, 0.717) is 17.0 Å². The molecule has 0 aliphatic carbocycles. The summed E-state index contributed by atoms with van der Waals surface area (Å²) in [5.41, 5.74) is 2.82. The predicted molar refractivity (Wildman–Crippen MR) is 136 cm³/mol. The number of methoxy groups -OCH3 is 1. The van der Waals surface area contributed by atoms with Crippen LogP contribution < -0.4 is 14.5 Å². The Labute approximate surface area is 210 Å². The maximum Gasteiger partial charge on any atom is 0.240 e. The molecule has 3 aliphatic rings. The van der Waals surface area contributed by atoms with Gasteiger partial charge in [0.05, 0.1) is 30.7 Å². The Morgan fingerprint density at radius 3 is 2.29 bits per heavy atom. The second-order valence-corrected chi connectivity index (χ2v) is 9.81. The minimum atomic E-state index is -0.794. The number of Topliss-reactive ketones (excluding diaryl/α,β-unsaturated/α-hetero) is 1. The number of halogens is 1. The van der Waals surface area contributed by atoms with E-state index >= 15 is 0 Å². The average molecular weight is 529 g/mol. The molecule has 0 N–H and O–H groups in total. The second-order valence-electron chi connectivity index (χ2n) is 8.89. The molecule has 7 heteroatoms. The smallest absolute Gasteiger partial charge is 0.240 e. The van der Waals surface area contributed by atoms with E-state index in [1.165, 1.54) is 4.90 Å². The van der Waals surface area contributed by atoms with Gasteiger partial charge in [0, 0.05) is 15.7 Å². The van der Waals surface area contributed by atoms with Gasteiger partial charge in [-0.15, -0.1) is 0 Å². The summed E-state index contributed by atoms with van der Waals surface area (Å²) in [5.74, 6) is -1.61. The summed E-state index contributed by atoms with van der Waals surface area (Å²) >= 11 is 3.42. The monoisotopic (exact) mass is 528 g/mol. The number of amides is 2. The first-order chi connectivity index (χ1) is 17.0. The van der Waals surface area contributed by atoms with E-state index in [1.54, 1.807) is 43.5 Å². The van der Waals surface area contributed by atoms with E-state index < -0.39 is 17.9 Å². The third-order valence-corrected chi connectivity index (χ3v) is 7.67. The molecular weight excluding hydrogens is 508 g/mol. The number of hydrogen-bond donors (Lipinski definition) is 0. The number of carbonyl (C=O) groups excluding carboxylic acids is 3. The lowest BCUT2D eigenvalue weighted by atomic mass is 9.86. The van der Waals surface area contributed by atoms with E-state index in [2.05, 4.69) is 15.9 Å². The van der Waals surface area contributed by atoms with Crippen molar-refractivity contribution >= 4 is 51.0 Å². The Kier molecular flexibility index (Phi) is 5.11. The van der Waals surface area contributed by atoms with Gasteiger partial charge in [-0.2, -0.15) is 0 Å². The number of ether oxygens (including phenoxy) is 1. The molecule has 0 aromatic heterocycles. The highest BCUT2D eigenvalue weighted by atomic mass is 79.9. The number of benzene rings is 3. The first-order valence-electron chi connectivity index (χ1n) is 11.4. The van der Waals surface area contributed by atoms with Crippen LogP contribution in [-0.4, -0.2) is 36.8 Å². The van der Waals surface area contributed by atoms with Gasteiger partial charge >= 0.3 is 0 Å². The highest BCUT2D eigenvalue weighted by molar-refractivity contribution is 9.10. The first-order valence-corrected chi connectivity index (χ1v) is 12.2. The highest BCUT2D eigenvalue weighted by Crippen LogP contribution is 2.49. The Morgan fingerprint density at radius 2 is 1.57 bits per heavy atom. The first kappa shape index (κ1) is 21.8. The molecule has 0 radical (unpaired) electrons. The topological polar surface area (TPSA) is 66.9 Å². The van der Waals surface area contributed by atoms with Gasteiger partial charge in [-0.1, -0.05) is 58.4 Å². The van der Waals surface area contributed by atoms with Gasteiger partial charge in [-0.3, -0.25) is 14.4 Å². The minimum Gasteiger partial charge on any atom is -0.497 e. The van der Waals surface area contributed by atoms with Gasteiger partial charge in [-0.25, -0.2) is 4.90 Å². The number of anilines is 2. The SMILES string of the molecule is COc1ccc(N2C(=O)[C@@H]3[C@H](C2=O)[C@@H](C(=O)c2ccc(Br)cc2)N2c4ccccc4C=C[C@@H]32)cc1. The fourth-order valence-corrected chi connectivity index (χ4v) is 5.85. The van der Waals surface area contributed by atoms with Gasteiger partial charge in [0.25, 0.3) is 0 Å². The number of ketones is 1. The molecule has 2 amide bonds. The quantitative estimate of drug-likeness (QED) is 0.361. The normalized spacial score (nSPS) is 24.3. The summed E-state index contributed by atoms with van der Waals surface area (Å²) in [6.45, 7) is 0. The fourth-order valence-electron chi connectivity index (χ4n) is 5.58. The molecule has 3 aliphatic heterocycles. The number of hydrogen-bond acceptors (Lipinski definition) is 5. The Bertz CT molecular complexity index is 1380. The minimum absolute atomic E-state index is 0.169. The van der Waals surface area contributed by atoms with E-state index in [1.807, 2.05) is 53.5 Å². The summed E-state index contributed by atoms with van der Waals surface area (Å²) in [6.07, 6.45) is 3.94. The van der Waals surface area contributed by atoms with Crippen LogP contribution in [0.25, 0.3) is 6.08 Å². The maximum absolute atomic E-state index is 14.0. The van der Waals surface area contributed by atoms with Crippen molar-refractivity contribution in [2.75, 3.05) is 16.9 Å². The van der Waals surface area contributed by atoms with Crippen molar-refractivity contribution in [3.63, 3.8) is 0 Å². The van der Waals surface area contributed by atoms with E-state index in [9.17, 15) is 14.4 Å². The molecule has 2 saturated heterocycles. The van der Waals surface area contributed by atoms with Crippen molar-refractivity contribution in [2.24, 2.45) is 11.8 Å². The Balaban J connectivity index is 1.47. The molecule has 0 bridgehead atoms. The van der Waals surface area contributed by atoms with Crippen LogP contribution in [0.5, 0.6) is 5.75 Å².